The molecule has 0 radical (unpaired) electrons. The Kier molecular flexibility index (Phi) is 4.84. The van der Waals surface area contributed by atoms with Gasteiger partial charge in [-0.3, -0.25) is 10.1 Å². The van der Waals surface area contributed by atoms with E-state index in [1.54, 1.807) is 0 Å². The van der Waals surface area contributed by atoms with E-state index in [1.165, 1.54) is 0 Å². The number of hydrogen-bond donors (Lipinski definition) is 0. The first kappa shape index (κ1) is 13.4. The van der Waals surface area contributed by atoms with E-state index in [4.69, 9.17) is 4.74 Å². The van der Waals surface area contributed by atoms with Crippen LogP contribution in [-0.4, -0.2) is 37.1 Å². The maximum absolute atomic E-state index is 12.9. The fourth-order valence-electron chi connectivity index (χ4n) is 1.32. The lowest BCUT2D eigenvalue weighted by Gasteiger charge is -2.10. The third-order valence-electron chi connectivity index (χ3n) is 2.13. The molecule has 0 N–H and O–H groups in total. The molecule has 1 aromatic carbocycles. The predicted molar refractivity (Wildman–Crippen MR) is 61.7 cm³/mol. The standard InChI is InChI=1S/C11H15FN2O3/c1-13(2)6-3-7-17-11-8-9(12)4-5-10(11)14(15)16/h4-5,8H,3,6-7H2,1-2H3. The number of nitrogens with zero attached hydrogens (tertiary/aromatic N) is 2. The summed E-state index contributed by atoms with van der Waals surface area (Å²) in [6, 6.07) is 3.19. The summed E-state index contributed by atoms with van der Waals surface area (Å²) < 4.78 is 18.2. The van der Waals surface area contributed by atoms with Crippen LogP contribution in [0.5, 0.6) is 5.75 Å². The largest absolute Gasteiger partial charge is 0.487 e. The predicted octanol–water partition coefficient (Wildman–Crippen LogP) is 2.06. The molecule has 0 bridgehead atoms. The third kappa shape index (κ3) is 4.36. The van der Waals surface area contributed by atoms with E-state index in [-0.39, 0.29) is 11.4 Å². The number of hydrogen-bond acceptors (Lipinski definition) is 4. The summed E-state index contributed by atoms with van der Waals surface area (Å²) in [6.45, 7) is 1.13. The van der Waals surface area contributed by atoms with Crippen molar-refractivity contribution in [3.63, 3.8) is 0 Å². The Morgan fingerprint density at radius 2 is 2.18 bits per heavy atom. The molecule has 1 rings (SSSR count). The van der Waals surface area contributed by atoms with Crippen molar-refractivity contribution in [3.8, 4) is 5.75 Å². The number of nitro groups is 1. The highest BCUT2D eigenvalue weighted by Crippen LogP contribution is 2.27. The molecule has 5 nitrogen and oxygen atoms in total. The van der Waals surface area contributed by atoms with Crippen molar-refractivity contribution >= 4 is 5.69 Å². The van der Waals surface area contributed by atoms with Gasteiger partial charge in [-0.25, -0.2) is 4.39 Å². The van der Waals surface area contributed by atoms with Crippen molar-refractivity contribution in [1.29, 1.82) is 0 Å². The molecule has 6 heteroatoms. The minimum Gasteiger partial charge on any atom is -0.487 e. The van der Waals surface area contributed by atoms with Crippen LogP contribution in [0.1, 0.15) is 6.42 Å². The van der Waals surface area contributed by atoms with Gasteiger partial charge in [0.05, 0.1) is 11.5 Å². The van der Waals surface area contributed by atoms with Gasteiger partial charge in [0.1, 0.15) is 5.82 Å². The van der Waals surface area contributed by atoms with Gasteiger partial charge in [-0.15, -0.1) is 0 Å². The summed E-state index contributed by atoms with van der Waals surface area (Å²) in [5, 5.41) is 10.7. The average Bonchev–Trinajstić information content (AvgIpc) is 2.23. The van der Waals surface area contributed by atoms with Crippen LogP contribution in [0.25, 0.3) is 0 Å². The van der Waals surface area contributed by atoms with Gasteiger partial charge in [0.25, 0.3) is 0 Å². The maximum atomic E-state index is 12.9. The normalized spacial score (nSPS) is 10.6. The van der Waals surface area contributed by atoms with Gasteiger partial charge in [0.2, 0.25) is 0 Å². The van der Waals surface area contributed by atoms with Gasteiger partial charge >= 0.3 is 5.69 Å². The van der Waals surface area contributed by atoms with E-state index in [9.17, 15) is 14.5 Å². The van der Waals surface area contributed by atoms with Crippen LogP contribution >= 0.6 is 0 Å². The van der Waals surface area contributed by atoms with Crippen molar-refractivity contribution in [1.82, 2.24) is 4.90 Å². The SMILES string of the molecule is CN(C)CCCOc1cc(F)ccc1[N+](=O)[O-]. The summed E-state index contributed by atoms with van der Waals surface area (Å²) in [5.74, 6) is -0.563. The van der Waals surface area contributed by atoms with E-state index in [0.29, 0.717) is 6.61 Å². The first-order valence-corrected chi connectivity index (χ1v) is 5.22. The third-order valence-corrected chi connectivity index (χ3v) is 2.13. The number of benzene rings is 1. The van der Waals surface area contributed by atoms with Gasteiger partial charge in [0, 0.05) is 18.7 Å². The van der Waals surface area contributed by atoms with E-state index < -0.39 is 10.7 Å². The molecular weight excluding hydrogens is 227 g/mol. The molecule has 0 unspecified atom stereocenters. The minimum absolute atomic E-state index is 0.0197. The lowest BCUT2D eigenvalue weighted by molar-refractivity contribution is -0.385. The zero-order valence-corrected chi connectivity index (χ0v) is 9.85. The molecule has 0 aliphatic carbocycles. The highest BCUT2D eigenvalue weighted by molar-refractivity contribution is 5.46. The smallest absolute Gasteiger partial charge is 0.311 e. The van der Waals surface area contributed by atoms with Crippen molar-refractivity contribution in [3.05, 3.63) is 34.1 Å². The summed E-state index contributed by atoms with van der Waals surface area (Å²) in [6.07, 6.45) is 0.723. The van der Waals surface area contributed by atoms with Gasteiger partial charge in [-0.1, -0.05) is 0 Å². The zero-order valence-electron chi connectivity index (χ0n) is 9.85. The van der Waals surface area contributed by atoms with Gasteiger partial charge in [-0.2, -0.15) is 0 Å². The average molecular weight is 242 g/mol. The molecule has 17 heavy (non-hydrogen) atoms. The van der Waals surface area contributed by atoms with Gasteiger partial charge < -0.3 is 9.64 Å². The number of rotatable bonds is 6. The maximum Gasteiger partial charge on any atom is 0.311 e. The van der Waals surface area contributed by atoms with Crippen LogP contribution in [0.15, 0.2) is 18.2 Å². The van der Waals surface area contributed by atoms with Crippen LogP contribution in [0.2, 0.25) is 0 Å². The first-order chi connectivity index (χ1) is 8.00. The molecule has 94 valence electrons. The molecular formula is C11H15FN2O3. The molecule has 0 heterocycles. The first-order valence-electron chi connectivity index (χ1n) is 5.22. The van der Waals surface area contributed by atoms with Crippen molar-refractivity contribution in [2.75, 3.05) is 27.2 Å². The highest BCUT2D eigenvalue weighted by Gasteiger charge is 2.15. The van der Waals surface area contributed by atoms with E-state index in [0.717, 1.165) is 31.2 Å². The lowest BCUT2D eigenvalue weighted by atomic mass is 10.3. The Hall–Kier alpha value is -1.69. The summed E-state index contributed by atoms with van der Waals surface area (Å²) in [4.78, 5) is 12.1. The fraction of sp³-hybridized carbons (Fsp3) is 0.455. The van der Waals surface area contributed by atoms with Crippen LogP contribution in [0, 0.1) is 15.9 Å². The molecule has 1 aromatic rings. The Bertz CT molecular complexity index is 396. The zero-order chi connectivity index (χ0) is 12.8. The molecule has 0 fully saturated rings. The Labute approximate surface area is 98.9 Å². The summed E-state index contributed by atoms with van der Waals surface area (Å²) in [5.41, 5.74) is -0.212. The molecule has 0 atom stereocenters. The van der Waals surface area contributed by atoms with Crippen LogP contribution in [-0.2, 0) is 0 Å². The number of ether oxygens (including phenoxy) is 1. The van der Waals surface area contributed by atoms with E-state index >= 15 is 0 Å². The topological polar surface area (TPSA) is 55.6 Å². The molecule has 0 aliphatic heterocycles. The van der Waals surface area contributed by atoms with E-state index in [2.05, 4.69) is 0 Å². The Morgan fingerprint density at radius 1 is 1.47 bits per heavy atom. The monoisotopic (exact) mass is 242 g/mol. The number of nitro benzene ring substituents is 1. The summed E-state index contributed by atoms with van der Waals surface area (Å²) >= 11 is 0. The highest BCUT2D eigenvalue weighted by atomic mass is 19.1. The van der Waals surface area contributed by atoms with Crippen LogP contribution < -0.4 is 4.74 Å². The summed E-state index contributed by atoms with van der Waals surface area (Å²) in [7, 11) is 3.84. The second-order valence-corrected chi connectivity index (χ2v) is 3.87. The van der Waals surface area contributed by atoms with Crippen LogP contribution in [0.3, 0.4) is 0 Å². The molecule has 0 aromatic heterocycles. The quantitative estimate of drug-likeness (QED) is 0.435. The van der Waals surface area contributed by atoms with Crippen molar-refractivity contribution in [2.45, 2.75) is 6.42 Å². The Morgan fingerprint density at radius 3 is 2.76 bits per heavy atom. The molecule has 0 spiro atoms. The second-order valence-electron chi connectivity index (χ2n) is 3.87. The van der Waals surface area contributed by atoms with Crippen LogP contribution in [0.4, 0.5) is 10.1 Å². The minimum atomic E-state index is -0.583. The van der Waals surface area contributed by atoms with Gasteiger partial charge in [-0.05, 0) is 26.6 Å². The molecule has 0 saturated heterocycles. The lowest BCUT2D eigenvalue weighted by Crippen LogP contribution is -2.15. The van der Waals surface area contributed by atoms with Crippen molar-refractivity contribution in [2.24, 2.45) is 0 Å². The van der Waals surface area contributed by atoms with Gasteiger partial charge in [0.15, 0.2) is 5.75 Å². The van der Waals surface area contributed by atoms with E-state index in [1.807, 2.05) is 19.0 Å². The molecule has 0 aliphatic rings. The molecule has 0 amide bonds. The molecule has 0 saturated carbocycles. The Balaban J connectivity index is 2.62. The van der Waals surface area contributed by atoms with Crippen molar-refractivity contribution < 1.29 is 14.1 Å². The fourth-order valence-corrected chi connectivity index (χ4v) is 1.32. The number of halogens is 1. The second kappa shape index (κ2) is 6.15.